The molecule has 1 aliphatic rings. The molecule has 4 aromatic rings. The highest BCUT2D eigenvalue weighted by Crippen LogP contribution is 2.34. The number of nitrogens with zero attached hydrogens (tertiary/aromatic N) is 6. The molecule has 1 aliphatic heterocycles. The maximum Gasteiger partial charge on any atom is 0.261 e. The molecule has 3 aromatic heterocycles. The molecule has 1 unspecified atom stereocenters. The molecule has 0 bridgehead atoms. The van der Waals surface area contributed by atoms with E-state index in [0.717, 1.165) is 30.7 Å². The maximum atomic E-state index is 12.7. The summed E-state index contributed by atoms with van der Waals surface area (Å²) in [6.45, 7) is 2.76. The zero-order valence-corrected chi connectivity index (χ0v) is 14.6. The first kappa shape index (κ1) is 15.3. The Hall–Kier alpha value is -3.00. The summed E-state index contributed by atoms with van der Waals surface area (Å²) >= 11 is 0. The fourth-order valence-corrected chi connectivity index (χ4v) is 3.71. The van der Waals surface area contributed by atoms with Crippen LogP contribution in [0.15, 0.2) is 41.6 Å². The van der Waals surface area contributed by atoms with Crippen molar-refractivity contribution in [1.29, 1.82) is 0 Å². The van der Waals surface area contributed by atoms with Crippen LogP contribution in [0.4, 0.5) is 0 Å². The van der Waals surface area contributed by atoms with E-state index in [1.807, 2.05) is 41.8 Å². The molecule has 26 heavy (non-hydrogen) atoms. The van der Waals surface area contributed by atoms with Crippen LogP contribution in [0.5, 0.6) is 0 Å². The molecular weight excluding hydrogens is 332 g/mol. The Balaban J connectivity index is 1.74. The topological polar surface area (TPSA) is 79.2 Å². The van der Waals surface area contributed by atoms with Gasteiger partial charge in [-0.1, -0.05) is 17.3 Å². The van der Waals surface area contributed by atoms with Crippen molar-refractivity contribution < 1.29 is 4.74 Å². The summed E-state index contributed by atoms with van der Waals surface area (Å²) in [6, 6.07) is 7.50. The summed E-state index contributed by atoms with van der Waals surface area (Å²) in [5, 5.41) is 9.19. The summed E-state index contributed by atoms with van der Waals surface area (Å²) in [4.78, 5) is 17.2. The predicted octanol–water partition coefficient (Wildman–Crippen LogP) is 1.79. The molecule has 0 spiro atoms. The maximum absolute atomic E-state index is 12.7. The molecule has 132 valence electrons. The summed E-state index contributed by atoms with van der Waals surface area (Å²) < 4.78 is 11.0. The van der Waals surface area contributed by atoms with Gasteiger partial charge in [-0.2, -0.15) is 4.68 Å². The van der Waals surface area contributed by atoms with Crippen LogP contribution in [-0.2, 0) is 17.4 Å². The lowest BCUT2D eigenvalue weighted by molar-refractivity contribution is 0.0131. The van der Waals surface area contributed by atoms with Gasteiger partial charge in [0.05, 0.1) is 17.1 Å². The molecule has 8 nitrogen and oxygen atoms in total. The fraction of sp³-hybridized carbons (Fsp3) is 0.333. The van der Waals surface area contributed by atoms with Gasteiger partial charge in [0.2, 0.25) is 0 Å². The molecule has 0 saturated carbocycles. The number of aromatic nitrogens is 6. The van der Waals surface area contributed by atoms with Crippen molar-refractivity contribution in [2.24, 2.45) is 7.05 Å². The smallest absolute Gasteiger partial charge is 0.261 e. The predicted molar refractivity (Wildman–Crippen MR) is 95.4 cm³/mol. The molecule has 0 N–H and O–H groups in total. The Morgan fingerprint density at radius 3 is 2.92 bits per heavy atom. The van der Waals surface area contributed by atoms with Crippen molar-refractivity contribution in [3.63, 3.8) is 0 Å². The van der Waals surface area contributed by atoms with Crippen LogP contribution in [0.3, 0.4) is 0 Å². The Kier molecular flexibility index (Phi) is 3.08. The second-order valence-electron chi connectivity index (χ2n) is 6.87. The van der Waals surface area contributed by atoms with Gasteiger partial charge in [0.15, 0.2) is 11.5 Å². The highest BCUT2D eigenvalue weighted by atomic mass is 16.5. The van der Waals surface area contributed by atoms with Gasteiger partial charge in [0.1, 0.15) is 17.6 Å². The number of benzene rings is 1. The van der Waals surface area contributed by atoms with Crippen LogP contribution in [0.2, 0.25) is 0 Å². The summed E-state index contributed by atoms with van der Waals surface area (Å²) in [7, 11) is 1.74. The Morgan fingerprint density at radius 1 is 1.27 bits per heavy atom. The average molecular weight is 350 g/mol. The van der Waals surface area contributed by atoms with E-state index in [9.17, 15) is 4.79 Å². The minimum Gasteiger partial charge on any atom is -0.369 e. The number of para-hydroxylation sites is 1. The zero-order chi connectivity index (χ0) is 17.9. The van der Waals surface area contributed by atoms with Gasteiger partial charge in [-0.3, -0.25) is 13.8 Å². The van der Waals surface area contributed by atoms with Gasteiger partial charge >= 0.3 is 0 Å². The lowest BCUT2D eigenvalue weighted by Gasteiger charge is -2.19. The van der Waals surface area contributed by atoms with Gasteiger partial charge in [0.25, 0.3) is 5.56 Å². The number of ether oxygens (including phenoxy) is 1. The Labute approximate surface area is 148 Å². The van der Waals surface area contributed by atoms with Crippen LogP contribution in [0.1, 0.15) is 25.5 Å². The van der Waals surface area contributed by atoms with Gasteiger partial charge in [-0.25, -0.2) is 4.98 Å². The first-order valence-electron chi connectivity index (χ1n) is 8.60. The third-order valence-electron chi connectivity index (χ3n) is 5.21. The van der Waals surface area contributed by atoms with Crippen molar-refractivity contribution in [1.82, 2.24) is 28.9 Å². The van der Waals surface area contributed by atoms with Crippen LogP contribution in [-0.4, -0.2) is 35.6 Å². The molecule has 1 aromatic carbocycles. The molecule has 1 atom stereocenters. The molecule has 1 saturated heterocycles. The largest absolute Gasteiger partial charge is 0.369 e. The summed E-state index contributed by atoms with van der Waals surface area (Å²) in [5.41, 5.74) is 1.79. The van der Waals surface area contributed by atoms with Crippen LogP contribution >= 0.6 is 0 Å². The normalized spacial score (nSPS) is 20.4. The van der Waals surface area contributed by atoms with E-state index in [1.54, 1.807) is 22.6 Å². The lowest BCUT2D eigenvalue weighted by Crippen LogP contribution is -2.20. The SMILES string of the molecule is Cn1c(=O)c2ccccc2n2cnc(-n3cc(C4(C)CCCO4)nn3)c12. The number of aryl methyl sites for hydroxylation is 1. The molecular formula is C18H18N6O2. The Bertz CT molecular complexity index is 1200. The molecule has 0 radical (unpaired) electrons. The lowest BCUT2D eigenvalue weighted by atomic mass is 10.00. The third kappa shape index (κ3) is 1.99. The number of hydrogen-bond acceptors (Lipinski definition) is 5. The summed E-state index contributed by atoms with van der Waals surface area (Å²) in [6.07, 6.45) is 5.48. The third-order valence-corrected chi connectivity index (χ3v) is 5.21. The first-order chi connectivity index (χ1) is 12.6. The highest BCUT2D eigenvalue weighted by molar-refractivity contribution is 5.82. The number of imidazole rings is 1. The number of hydrogen-bond donors (Lipinski definition) is 0. The Morgan fingerprint density at radius 2 is 2.12 bits per heavy atom. The van der Waals surface area contributed by atoms with Gasteiger partial charge in [-0.15, -0.1) is 5.10 Å². The van der Waals surface area contributed by atoms with Crippen molar-refractivity contribution in [3.8, 4) is 5.82 Å². The van der Waals surface area contributed by atoms with E-state index < -0.39 is 5.60 Å². The first-order valence-corrected chi connectivity index (χ1v) is 8.60. The average Bonchev–Trinajstić information content (AvgIpc) is 3.38. The zero-order valence-electron chi connectivity index (χ0n) is 14.6. The highest BCUT2D eigenvalue weighted by Gasteiger charge is 2.35. The standard InChI is InChI=1S/C18H18N6O2/c1-18(8-5-9-26-18)14-10-24(21-20-14)15-16-22(2)17(25)12-6-3-4-7-13(12)23(16)11-19-15/h3-4,6-7,10-11H,5,8-9H2,1-2H3. The van der Waals surface area contributed by atoms with Crippen molar-refractivity contribution in [2.75, 3.05) is 6.61 Å². The quantitative estimate of drug-likeness (QED) is 0.551. The second kappa shape index (κ2) is 5.25. The molecule has 5 rings (SSSR count). The monoisotopic (exact) mass is 350 g/mol. The second-order valence-corrected chi connectivity index (χ2v) is 6.87. The molecule has 1 fully saturated rings. The van der Waals surface area contributed by atoms with E-state index in [-0.39, 0.29) is 5.56 Å². The van der Waals surface area contributed by atoms with E-state index in [1.165, 1.54) is 0 Å². The van der Waals surface area contributed by atoms with Gasteiger partial charge in [0, 0.05) is 13.7 Å². The molecule has 0 amide bonds. The van der Waals surface area contributed by atoms with Crippen molar-refractivity contribution >= 4 is 16.6 Å². The fourth-order valence-electron chi connectivity index (χ4n) is 3.71. The number of fused-ring (bicyclic) bond motifs is 3. The molecule has 8 heteroatoms. The van der Waals surface area contributed by atoms with Crippen molar-refractivity contribution in [2.45, 2.75) is 25.4 Å². The van der Waals surface area contributed by atoms with Crippen LogP contribution in [0, 0.1) is 0 Å². The molecule has 4 heterocycles. The number of rotatable bonds is 2. The van der Waals surface area contributed by atoms with E-state index in [2.05, 4.69) is 15.3 Å². The van der Waals surface area contributed by atoms with E-state index in [0.29, 0.717) is 16.9 Å². The minimum atomic E-state index is -0.410. The van der Waals surface area contributed by atoms with Crippen LogP contribution < -0.4 is 5.56 Å². The van der Waals surface area contributed by atoms with E-state index >= 15 is 0 Å². The minimum absolute atomic E-state index is 0.0683. The van der Waals surface area contributed by atoms with Crippen molar-refractivity contribution in [3.05, 3.63) is 52.8 Å². The van der Waals surface area contributed by atoms with Gasteiger partial charge in [-0.05, 0) is 31.9 Å². The van der Waals surface area contributed by atoms with Gasteiger partial charge < -0.3 is 4.74 Å². The summed E-state index contributed by atoms with van der Waals surface area (Å²) in [5.74, 6) is 0.565. The molecule has 0 aliphatic carbocycles. The van der Waals surface area contributed by atoms with E-state index in [4.69, 9.17) is 4.74 Å². The van der Waals surface area contributed by atoms with Crippen LogP contribution in [0.25, 0.3) is 22.4 Å².